The molecule has 2 rings (SSSR count). The Morgan fingerprint density at radius 3 is 2.82 bits per heavy atom. The van der Waals surface area contributed by atoms with Gasteiger partial charge in [-0.25, -0.2) is 0 Å². The molecule has 22 heavy (non-hydrogen) atoms. The van der Waals surface area contributed by atoms with E-state index in [1.54, 1.807) is 30.0 Å². The number of thioether (sulfide) groups is 1. The van der Waals surface area contributed by atoms with Crippen molar-refractivity contribution in [1.29, 1.82) is 0 Å². The molecule has 0 aliphatic carbocycles. The zero-order valence-electron chi connectivity index (χ0n) is 12.3. The van der Waals surface area contributed by atoms with Crippen LogP contribution in [0.4, 0.5) is 0 Å². The number of thiophene rings is 1. The molecule has 0 bridgehead atoms. The van der Waals surface area contributed by atoms with Gasteiger partial charge in [0.1, 0.15) is 5.78 Å². The first kappa shape index (κ1) is 16.7. The molecule has 118 valence electrons. The lowest BCUT2D eigenvalue weighted by Gasteiger charge is -2.08. The van der Waals surface area contributed by atoms with Gasteiger partial charge in [-0.05, 0) is 24.8 Å². The number of rotatable bonds is 9. The molecule has 2 aromatic heterocycles. The Bertz CT molecular complexity index is 637. The van der Waals surface area contributed by atoms with E-state index < -0.39 is 0 Å². The predicted molar refractivity (Wildman–Crippen MR) is 87.8 cm³/mol. The van der Waals surface area contributed by atoms with Crippen LogP contribution in [-0.2, 0) is 16.1 Å². The Labute approximate surface area is 137 Å². The average molecular weight is 338 g/mol. The minimum Gasteiger partial charge on any atom is -0.370 e. The summed E-state index contributed by atoms with van der Waals surface area (Å²) in [6.45, 7) is 2.06. The van der Waals surface area contributed by atoms with Crippen LogP contribution in [0.2, 0.25) is 0 Å². The van der Waals surface area contributed by atoms with E-state index in [-0.39, 0.29) is 18.1 Å². The first-order chi connectivity index (χ1) is 10.6. The van der Waals surface area contributed by atoms with Crippen molar-refractivity contribution in [3.05, 3.63) is 17.5 Å². The molecule has 0 radical (unpaired) electrons. The number of nitrogens with zero attached hydrogens (tertiary/aromatic N) is 3. The van der Waals surface area contributed by atoms with Gasteiger partial charge in [0, 0.05) is 25.1 Å². The summed E-state index contributed by atoms with van der Waals surface area (Å²) >= 11 is 3.13. The second-order valence-electron chi connectivity index (χ2n) is 4.81. The van der Waals surface area contributed by atoms with E-state index in [2.05, 4.69) is 10.2 Å². The van der Waals surface area contributed by atoms with Gasteiger partial charge in [0.25, 0.3) is 0 Å². The summed E-state index contributed by atoms with van der Waals surface area (Å²) in [5.41, 5.74) is 5.25. The zero-order valence-corrected chi connectivity index (χ0v) is 14.0. The number of carbonyl (C=O) groups excluding carboxylic acids is 2. The standard InChI is InChI=1S/C14H18N4O2S2/c1-10(19)4-2-9-22-14-17-16-13(11-5-3-8-21-11)18(14)7-6-12(15)20/h3,5,8H,2,4,6-7,9H2,1H3,(H2,15,20). The highest BCUT2D eigenvalue weighted by molar-refractivity contribution is 7.99. The number of Topliss-reactive ketones (excluding diaryl/α,β-unsaturated/α-hetero) is 1. The molecule has 0 unspecified atom stereocenters. The minimum atomic E-state index is -0.349. The number of carbonyl (C=O) groups is 2. The van der Waals surface area contributed by atoms with Gasteiger partial charge in [-0.15, -0.1) is 21.5 Å². The van der Waals surface area contributed by atoms with E-state index in [9.17, 15) is 9.59 Å². The van der Waals surface area contributed by atoms with E-state index >= 15 is 0 Å². The van der Waals surface area contributed by atoms with Crippen LogP contribution in [0.5, 0.6) is 0 Å². The van der Waals surface area contributed by atoms with Crippen molar-refractivity contribution in [3.63, 3.8) is 0 Å². The molecule has 6 nitrogen and oxygen atoms in total. The maximum absolute atomic E-state index is 11.1. The maximum atomic E-state index is 11.1. The Kier molecular flexibility index (Phi) is 6.14. The smallest absolute Gasteiger partial charge is 0.219 e. The van der Waals surface area contributed by atoms with Crippen molar-refractivity contribution < 1.29 is 9.59 Å². The predicted octanol–water partition coefficient (Wildman–Crippen LogP) is 2.34. The number of nitrogens with two attached hydrogens (primary N) is 1. The van der Waals surface area contributed by atoms with Crippen LogP contribution in [0.15, 0.2) is 22.7 Å². The number of ketones is 1. The molecule has 8 heteroatoms. The van der Waals surface area contributed by atoms with E-state index in [1.165, 1.54) is 0 Å². The Hall–Kier alpha value is -1.67. The molecule has 1 amide bonds. The third-order valence-electron chi connectivity index (χ3n) is 2.94. The molecule has 0 saturated carbocycles. The molecule has 0 aromatic carbocycles. The third kappa shape index (κ3) is 4.67. The molecule has 0 atom stereocenters. The van der Waals surface area contributed by atoms with E-state index in [0.29, 0.717) is 13.0 Å². The molecule has 0 fully saturated rings. The van der Waals surface area contributed by atoms with Crippen LogP contribution >= 0.6 is 23.1 Å². The van der Waals surface area contributed by atoms with Crippen LogP contribution < -0.4 is 5.73 Å². The summed E-state index contributed by atoms with van der Waals surface area (Å²) in [4.78, 5) is 23.0. The molecule has 0 aliphatic rings. The van der Waals surface area contributed by atoms with Gasteiger partial charge >= 0.3 is 0 Å². The van der Waals surface area contributed by atoms with Crippen LogP contribution in [0, 0.1) is 0 Å². The third-order valence-corrected chi connectivity index (χ3v) is 4.86. The van der Waals surface area contributed by atoms with Gasteiger partial charge in [0.15, 0.2) is 11.0 Å². The average Bonchev–Trinajstić information content (AvgIpc) is 3.10. The van der Waals surface area contributed by atoms with E-state index in [1.807, 2.05) is 22.1 Å². The summed E-state index contributed by atoms with van der Waals surface area (Å²) in [6, 6.07) is 3.92. The van der Waals surface area contributed by atoms with Crippen molar-refractivity contribution >= 4 is 34.8 Å². The second-order valence-corrected chi connectivity index (χ2v) is 6.82. The fourth-order valence-electron chi connectivity index (χ4n) is 1.89. The van der Waals surface area contributed by atoms with Crippen LogP contribution in [-0.4, -0.2) is 32.2 Å². The van der Waals surface area contributed by atoms with Gasteiger partial charge in [-0.3, -0.25) is 4.79 Å². The van der Waals surface area contributed by atoms with Gasteiger partial charge < -0.3 is 15.1 Å². The van der Waals surface area contributed by atoms with Crippen molar-refractivity contribution in [2.75, 3.05) is 5.75 Å². The first-order valence-electron chi connectivity index (χ1n) is 6.95. The van der Waals surface area contributed by atoms with Crippen LogP contribution in [0.1, 0.15) is 26.2 Å². The first-order valence-corrected chi connectivity index (χ1v) is 8.82. The second kappa shape index (κ2) is 8.09. The van der Waals surface area contributed by atoms with Gasteiger partial charge in [-0.2, -0.15) is 0 Å². The Morgan fingerprint density at radius 2 is 2.18 bits per heavy atom. The topological polar surface area (TPSA) is 90.9 Å². The number of primary amides is 1. The number of aromatic nitrogens is 3. The largest absolute Gasteiger partial charge is 0.370 e. The summed E-state index contributed by atoms with van der Waals surface area (Å²) < 4.78 is 1.93. The zero-order chi connectivity index (χ0) is 15.9. The fourth-order valence-corrected chi connectivity index (χ4v) is 3.51. The monoisotopic (exact) mass is 338 g/mol. The van der Waals surface area contributed by atoms with Crippen LogP contribution in [0.3, 0.4) is 0 Å². The molecular formula is C14H18N4O2S2. The summed E-state index contributed by atoms with van der Waals surface area (Å²) in [7, 11) is 0. The highest BCUT2D eigenvalue weighted by Gasteiger charge is 2.15. The van der Waals surface area contributed by atoms with Crippen molar-refractivity contribution in [3.8, 4) is 10.7 Å². The lowest BCUT2D eigenvalue weighted by Crippen LogP contribution is -2.15. The van der Waals surface area contributed by atoms with E-state index in [0.717, 1.165) is 28.0 Å². The molecule has 0 saturated heterocycles. The van der Waals surface area contributed by atoms with Crippen molar-refractivity contribution in [2.45, 2.75) is 37.9 Å². The maximum Gasteiger partial charge on any atom is 0.219 e. The fraction of sp³-hybridized carbons (Fsp3) is 0.429. The Balaban J connectivity index is 2.10. The quantitative estimate of drug-likeness (QED) is 0.560. The SMILES string of the molecule is CC(=O)CCCSc1nnc(-c2cccs2)n1CCC(N)=O. The lowest BCUT2D eigenvalue weighted by molar-refractivity contribution is -0.118. The molecule has 0 spiro atoms. The normalized spacial score (nSPS) is 10.8. The highest BCUT2D eigenvalue weighted by Crippen LogP contribution is 2.27. The number of hydrogen-bond acceptors (Lipinski definition) is 6. The van der Waals surface area contributed by atoms with Crippen molar-refractivity contribution in [1.82, 2.24) is 14.8 Å². The minimum absolute atomic E-state index is 0.190. The van der Waals surface area contributed by atoms with Gasteiger partial charge in [0.2, 0.25) is 5.91 Å². The summed E-state index contributed by atoms with van der Waals surface area (Å²) in [5, 5.41) is 11.2. The van der Waals surface area contributed by atoms with Gasteiger partial charge in [0.05, 0.1) is 4.88 Å². The lowest BCUT2D eigenvalue weighted by atomic mass is 10.3. The highest BCUT2D eigenvalue weighted by atomic mass is 32.2. The Morgan fingerprint density at radius 1 is 1.36 bits per heavy atom. The van der Waals surface area contributed by atoms with E-state index in [4.69, 9.17) is 5.73 Å². The van der Waals surface area contributed by atoms with Gasteiger partial charge in [-0.1, -0.05) is 17.8 Å². The summed E-state index contributed by atoms with van der Waals surface area (Å²) in [5.74, 6) is 1.39. The van der Waals surface area contributed by atoms with Crippen LogP contribution in [0.25, 0.3) is 10.7 Å². The molecule has 2 aromatic rings. The molecular weight excluding hydrogens is 320 g/mol. The number of amides is 1. The molecule has 2 N–H and O–H groups in total. The van der Waals surface area contributed by atoms with Crippen molar-refractivity contribution in [2.24, 2.45) is 5.73 Å². The summed E-state index contributed by atoms with van der Waals surface area (Å²) in [6.07, 6.45) is 1.62. The molecule has 2 heterocycles. The molecule has 0 aliphatic heterocycles. The number of hydrogen-bond donors (Lipinski definition) is 1.